The second-order valence-electron chi connectivity index (χ2n) is 8.92. The van der Waals surface area contributed by atoms with E-state index < -0.39 is 72.1 Å². The molecular weight excluding hydrogens is 486 g/mol. The molecule has 9 N–H and O–H groups in total. The van der Waals surface area contributed by atoms with Crippen molar-refractivity contribution >= 4 is 35.6 Å². The van der Waals surface area contributed by atoms with Crippen LogP contribution >= 0.6 is 0 Å². The van der Waals surface area contributed by atoms with Crippen LogP contribution in [0.5, 0.6) is 0 Å². The van der Waals surface area contributed by atoms with Crippen LogP contribution in [0.4, 0.5) is 0 Å². The molecule has 0 aromatic heterocycles. The highest BCUT2D eigenvalue weighted by Crippen LogP contribution is 2.08. The molecule has 4 atom stereocenters. The predicted octanol–water partition coefficient (Wildman–Crippen LogP) is -1.12. The number of rotatable bonds is 16. The maximum Gasteiger partial charge on any atom is 0.326 e. The van der Waals surface area contributed by atoms with Crippen LogP contribution in [0.2, 0.25) is 0 Å². The number of hydrogen-bond acceptors (Lipinski definition) is 7. The Kier molecular flexibility index (Phi) is 12.7. The lowest BCUT2D eigenvalue weighted by Crippen LogP contribution is -2.58. The summed E-state index contributed by atoms with van der Waals surface area (Å²) < 4.78 is 0. The van der Waals surface area contributed by atoms with Crippen LogP contribution < -0.4 is 27.4 Å². The summed E-state index contributed by atoms with van der Waals surface area (Å²) in [4.78, 5) is 72.0. The monoisotopic (exact) mass is 521 g/mol. The quantitative estimate of drug-likeness (QED) is 0.139. The smallest absolute Gasteiger partial charge is 0.326 e. The van der Waals surface area contributed by atoms with Gasteiger partial charge in [0.05, 0.1) is 6.04 Å². The number of amides is 4. The fourth-order valence-electron chi connectivity index (χ4n) is 3.37. The number of carbonyl (C=O) groups excluding carboxylic acids is 4. The minimum absolute atomic E-state index is 0.179. The Morgan fingerprint density at radius 1 is 0.811 bits per heavy atom. The Bertz CT molecular complexity index is 969. The zero-order chi connectivity index (χ0) is 28.1. The lowest BCUT2D eigenvalue weighted by atomic mass is 10.0. The number of carboxylic acid groups (broad SMARTS) is 2. The highest BCUT2D eigenvalue weighted by Gasteiger charge is 2.32. The topological polar surface area (TPSA) is 231 Å². The van der Waals surface area contributed by atoms with Crippen molar-refractivity contribution in [2.24, 2.45) is 17.4 Å². The van der Waals surface area contributed by atoms with Crippen LogP contribution in [0, 0.1) is 5.92 Å². The van der Waals surface area contributed by atoms with Gasteiger partial charge in [0, 0.05) is 12.8 Å². The summed E-state index contributed by atoms with van der Waals surface area (Å²) in [6, 6.07) is 3.95. The number of nitrogens with one attached hydrogen (secondary N) is 3. The van der Waals surface area contributed by atoms with Crippen molar-refractivity contribution in [1.29, 1.82) is 0 Å². The number of carboxylic acids is 2. The van der Waals surface area contributed by atoms with Gasteiger partial charge in [-0.1, -0.05) is 44.2 Å². The molecule has 0 spiro atoms. The zero-order valence-corrected chi connectivity index (χ0v) is 20.8. The molecule has 0 heterocycles. The molecule has 1 rings (SSSR count). The van der Waals surface area contributed by atoms with Gasteiger partial charge in [0.2, 0.25) is 23.6 Å². The van der Waals surface area contributed by atoms with Crippen molar-refractivity contribution in [2.75, 3.05) is 0 Å². The maximum absolute atomic E-state index is 13.0. The predicted molar refractivity (Wildman–Crippen MR) is 132 cm³/mol. The number of hydrogen-bond donors (Lipinski definition) is 7. The first-order valence-corrected chi connectivity index (χ1v) is 11.7. The van der Waals surface area contributed by atoms with Gasteiger partial charge in [0.15, 0.2) is 0 Å². The zero-order valence-electron chi connectivity index (χ0n) is 20.8. The molecule has 0 saturated carbocycles. The molecule has 0 aliphatic carbocycles. The summed E-state index contributed by atoms with van der Waals surface area (Å²) in [5.74, 6) is -6.18. The van der Waals surface area contributed by atoms with E-state index in [2.05, 4.69) is 16.0 Å². The molecule has 0 fully saturated rings. The summed E-state index contributed by atoms with van der Waals surface area (Å²) in [5.41, 5.74) is 11.8. The van der Waals surface area contributed by atoms with Crippen molar-refractivity contribution < 1.29 is 39.0 Å². The molecule has 13 heteroatoms. The Labute approximate surface area is 214 Å². The molecule has 37 heavy (non-hydrogen) atoms. The first-order chi connectivity index (χ1) is 17.3. The molecule has 0 radical (unpaired) electrons. The average molecular weight is 522 g/mol. The standard InChI is InChI=1S/C24H35N5O8/c1-13(2)20(23(35)28-17(24(36)37)8-10-18(26)30)29-22(34)16(9-11-19(31)32)27-21(33)15(25)12-14-6-4-3-5-7-14/h3-7,13,15-17,20H,8-12,25H2,1-2H3,(H2,26,30)(H,27,33)(H,28,35)(H,29,34)(H,31,32)(H,36,37). The fraction of sp³-hybridized carbons (Fsp3) is 0.500. The third-order valence-corrected chi connectivity index (χ3v) is 5.46. The molecule has 1 aromatic rings. The minimum Gasteiger partial charge on any atom is -0.481 e. The first kappa shape index (κ1) is 31.0. The van der Waals surface area contributed by atoms with Crippen LogP contribution in [-0.2, 0) is 35.2 Å². The summed E-state index contributed by atoms with van der Waals surface area (Å²) >= 11 is 0. The average Bonchev–Trinajstić information content (AvgIpc) is 2.82. The number of aliphatic carboxylic acids is 2. The van der Waals surface area contributed by atoms with E-state index in [-0.39, 0.29) is 25.7 Å². The summed E-state index contributed by atoms with van der Waals surface area (Å²) in [6.45, 7) is 3.20. The van der Waals surface area contributed by atoms with Crippen molar-refractivity contribution in [2.45, 2.75) is 70.1 Å². The SMILES string of the molecule is CC(C)C(NC(=O)C(CCC(=O)O)NC(=O)C(N)Cc1ccccc1)C(=O)NC(CCC(N)=O)C(=O)O. The van der Waals surface area contributed by atoms with Crippen molar-refractivity contribution in [1.82, 2.24) is 16.0 Å². The van der Waals surface area contributed by atoms with Crippen molar-refractivity contribution in [3.8, 4) is 0 Å². The molecule has 0 aliphatic heterocycles. The van der Waals surface area contributed by atoms with Crippen LogP contribution in [0.25, 0.3) is 0 Å². The second-order valence-corrected chi connectivity index (χ2v) is 8.92. The van der Waals surface area contributed by atoms with Crippen molar-refractivity contribution in [3.05, 3.63) is 35.9 Å². The third-order valence-electron chi connectivity index (χ3n) is 5.46. The first-order valence-electron chi connectivity index (χ1n) is 11.7. The fourth-order valence-corrected chi connectivity index (χ4v) is 3.37. The molecule has 13 nitrogen and oxygen atoms in total. The lowest BCUT2D eigenvalue weighted by molar-refractivity contribution is -0.143. The van der Waals surface area contributed by atoms with E-state index in [4.69, 9.17) is 16.6 Å². The molecular formula is C24H35N5O8. The summed E-state index contributed by atoms with van der Waals surface area (Å²) in [6.07, 6.45) is -1.06. The number of primary amides is 1. The normalized spacial score (nSPS) is 14.1. The third kappa shape index (κ3) is 11.5. The molecule has 0 aliphatic rings. The molecule has 1 aromatic carbocycles. The van der Waals surface area contributed by atoms with Gasteiger partial charge in [-0.2, -0.15) is 0 Å². The largest absolute Gasteiger partial charge is 0.481 e. The van der Waals surface area contributed by atoms with Crippen LogP contribution in [-0.4, -0.2) is 69.9 Å². The highest BCUT2D eigenvalue weighted by molar-refractivity contribution is 5.94. The molecule has 4 amide bonds. The Morgan fingerprint density at radius 2 is 1.38 bits per heavy atom. The maximum atomic E-state index is 13.0. The number of carbonyl (C=O) groups is 6. The molecule has 0 bridgehead atoms. The molecule has 204 valence electrons. The second kappa shape index (κ2) is 15.2. The lowest BCUT2D eigenvalue weighted by Gasteiger charge is -2.27. The van der Waals surface area contributed by atoms with Crippen LogP contribution in [0.1, 0.15) is 45.1 Å². The van der Waals surface area contributed by atoms with E-state index in [0.717, 1.165) is 5.56 Å². The van der Waals surface area contributed by atoms with Gasteiger partial charge in [-0.25, -0.2) is 4.79 Å². The Hall–Kier alpha value is -4.00. The van der Waals surface area contributed by atoms with Gasteiger partial charge in [-0.3, -0.25) is 24.0 Å². The molecule has 0 saturated heterocycles. The number of nitrogens with two attached hydrogens (primary N) is 2. The van der Waals surface area contributed by atoms with Gasteiger partial charge >= 0.3 is 11.9 Å². The van der Waals surface area contributed by atoms with Gasteiger partial charge in [-0.05, 0) is 30.7 Å². The minimum atomic E-state index is -1.42. The van der Waals surface area contributed by atoms with Gasteiger partial charge < -0.3 is 37.6 Å². The summed E-state index contributed by atoms with van der Waals surface area (Å²) in [7, 11) is 0. The van der Waals surface area contributed by atoms with Gasteiger partial charge in [-0.15, -0.1) is 0 Å². The highest BCUT2D eigenvalue weighted by atomic mass is 16.4. The van der Waals surface area contributed by atoms with E-state index in [1.54, 1.807) is 44.2 Å². The van der Waals surface area contributed by atoms with E-state index in [1.165, 1.54) is 0 Å². The Balaban J connectivity index is 2.95. The van der Waals surface area contributed by atoms with E-state index in [0.29, 0.717) is 0 Å². The van der Waals surface area contributed by atoms with Gasteiger partial charge in [0.1, 0.15) is 18.1 Å². The van der Waals surface area contributed by atoms with Crippen LogP contribution in [0.3, 0.4) is 0 Å². The summed E-state index contributed by atoms with van der Waals surface area (Å²) in [5, 5.41) is 25.6. The van der Waals surface area contributed by atoms with E-state index in [1.807, 2.05) is 0 Å². The van der Waals surface area contributed by atoms with E-state index >= 15 is 0 Å². The Morgan fingerprint density at radius 3 is 1.89 bits per heavy atom. The number of benzene rings is 1. The van der Waals surface area contributed by atoms with Crippen LogP contribution in [0.15, 0.2) is 30.3 Å². The molecule has 4 unspecified atom stereocenters. The van der Waals surface area contributed by atoms with Crippen molar-refractivity contribution in [3.63, 3.8) is 0 Å². The van der Waals surface area contributed by atoms with E-state index in [9.17, 15) is 33.9 Å². The van der Waals surface area contributed by atoms with Gasteiger partial charge in [0.25, 0.3) is 0 Å².